The lowest BCUT2D eigenvalue weighted by molar-refractivity contribution is 0.151. The Hall–Kier alpha value is -2.41. The van der Waals surface area contributed by atoms with Gasteiger partial charge in [-0.15, -0.1) is 12.4 Å². The van der Waals surface area contributed by atoms with E-state index in [4.69, 9.17) is 9.15 Å². The van der Waals surface area contributed by atoms with Crippen molar-refractivity contribution < 1.29 is 9.15 Å². The van der Waals surface area contributed by atoms with Gasteiger partial charge in [0.1, 0.15) is 12.0 Å². The zero-order valence-electron chi connectivity index (χ0n) is 15.2. The van der Waals surface area contributed by atoms with Crippen molar-refractivity contribution in [2.45, 2.75) is 12.6 Å². The lowest BCUT2D eigenvalue weighted by Crippen LogP contribution is -2.45. The van der Waals surface area contributed by atoms with Crippen LogP contribution in [0, 0.1) is 0 Å². The number of hydrogen-bond donors (Lipinski definition) is 1. The molecule has 0 amide bonds. The fourth-order valence-electron chi connectivity index (χ4n) is 3.29. The minimum Gasteiger partial charge on any atom is -0.497 e. The molecule has 0 radical (unpaired) electrons. The molecule has 6 nitrogen and oxygen atoms in total. The van der Waals surface area contributed by atoms with Gasteiger partial charge < -0.3 is 14.5 Å². The van der Waals surface area contributed by atoms with E-state index in [0.29, 0.717) is 11.9 Å². The average molecular weight is 387 g/mol. The second kappa shape index (κ2) is 8.99. The first-order valence-electron chi connectivity index (χ1n) is 8.77. The first kappa shape index (κ1) is 19.4. The predicted octanol–water partition coefficient (Wildman–Crippen LogP) is 3.31. The van der Waals surface area contributed by atoms with Gasteiger partial charge in [-0.25, -0.2) is 4.98 Å². The molecule has 3 aromatic rings. The summed E-state index contributed by atoms with van der Waals surface area (Å²) in [6, 6.07) is 12.1. The molecular weight excluding hydrogens is 364 g/mol. The number of nitrogens with zero attached hydrogens (tertiary/aromatic N) is 3. The molecule has 1 aliphatic rings. The summed E-state index contributed by atoms with van der Waals surface area (Å²) in [6.45, 7) is 3.60. The molecule has 7 heteroatoms. The highest BCUT2D eigenvalue weighted by Gasteiger charge is 2.25. The molecule has 2 aromatic heterocycles. The monoisotopic (exact) mass is 386 g/mol. The topological polar surface area (TPSA) is 63.4 Å². The lowest BCUT2D eigenvalue weighted by atomic mass is 10.1. The van der Waals surface area contributed by atoms with E-state index < -0.39 is 0 Å². The summed E-state index contributed by atoms with van der Waals surface area (Å²) in [5.41, 5.74) is 3.10. The SMILES string of the molecule is COc1ccc(-c2nc(CN3CCNCC3c3cccnc3)co2)cc1.Cl. The molecule has 3 heterocycles. The number of aromatic nitrogens is 2. The van der Waals surface area contributed by atoms with Gasteiger partial charge in [-0.2, -0.15) is 0 Å². The van der Waals surface area contributed by atoms with Crippen LogP contribution in [0.2, 0.25) is 0 Å². The first-order valence-corrected chi connectivity index (χ1v) is 8.77. The van der Waals surface area contributed by atoms with Gasteiger partial charge >= 0.3 is 0 Å². The Kier molecular flexibility index (Phi) is 6.45. The van der Waals surface area contributed by atoms with E-state index in [2.05, 4.69) is 26.3 Å². The predicted molar refractivity (Wildman–Crippen MR) is 106 cm³/mol. The molecule has 1 aliphatic heterocycles. The summed E-state index contributed by atoms with van der Waals surface area (Å²) in [7, 11) is 1.66. The van der Waals surface area contributed by atoms with Crippen LogP contribution in [-0.2, 0) is 6.54 Å². The van der Waals surface area contributed by atoms with Crippen LogP contribution in [0.4, 0.5) is 0 Å². The molecule has 0 spiro atoms. The maximum absolute atomic E-state index is 5.70. The Morgan fingerprint density at radius 1 is 1.26 bits per heavy atom. The second-order valence-electron chi connectivity index (χ2n) is 6.35. The van der Waals surface area contributed by atoms with Crippen molar-refractivity contribution in [2.75, 3.05) is 26.7 Å². The third-order valence-electron chi connectivity index (χ3n) is 4.68. The van der Waals surface area contributed by atoms with Crippen LogP contribution < -0.4 is 10.1 Å². The van der Waals surface area contributed by atoms with E-state index in [1.54, 1.807) is 13.4 Å². The molecule has 4 rings (SSSR count). The van der Waals surface area contributed by atoms with E-state index >= 15 is 0 Å². The zero-order chi connectivity index (χ0) is 17.8. The van der Waals surface area contributed by atoms with Crippen LogP contribution >= 0.6 is 12.4 Å². The highest BCUT2D eigenvalue weighted by Crippen LogP contribution is 2.25. The van der Waals surface area contributed by atoms with Crippen LogP contribution in [0.5, 0.6) is 5.75 Å². The van der Waals surface area contributed by atoms with E-state index in [1.807, 2.05) is 42.7 Å². The molecule has 0 saturated carbocycles. The number of nitrogens with one attached hydrogen (secondary N) is 1. The number of methoxy groups -OCH3 is 1. The van der Waals surface area contributed by atoms with Crippen molar-refractivity contribution in [3.8, 4) is 17.2 Å². The number of halogens is 1. The van der Waals surface area contributed by atoms with Crippen molar-refractivity contribution in [3.63, 3.8) is 0 Å². The minimum atomic E-state index is 0. The minimum absolute atomic E-state index is 0. The number of ether oxygens (including phenoxy) is 1. The maximum Gasteiger partial charge on any atom is 0.226 e. The van der Waals surface area contributed by atoms with Crippen LogP contribution in [0.3, 0.4) is 0 Å². The van der Waals surface area contributed by atoms with E-state index in [1.165, 1.54) is 5.56 Å². The van der Waals surface area contributed by atoms with Gasteiger partial charge in [0.15, 0.2) is 0 Å². The van der Waals surface area contributed by atoms with Crippen molar-refractivity contribution in [1.82, 2.24) is 20.2 Å². The highest BCUT2D eigenvalue weighted by atomic mass is 35.5. The third-order valence-corrected chi connectivity index (χ3v) is 4.68. The van der Waals surface area contributed by atoms with Crippen LogP contribution in [-0.4, -0.2) is 41.6 Å². The number of hydrogen-bond acceptors (Lipinski definition) is 6. The van der Waals surface area contributed by atoms with Gasteiger partial charge in [-0.3, -0.25) is 9.88 Å². The number of oxazole rings is 1. The molecule has 1 saturated heterocycles. The molecule has 0 aliphatic carbocycles. The molecule has 1 aromatic carbocycles. The van der Waals surface area contributed by atoms with Crippen molar-refractivity contribution >= 4 is 12.4 Å². The zero-order valence-corrected chi connectivity index (χ0v) is 16.0. The summed E-state index contributed by atoms with van der Waals surface area (Å²) in [4.78, 5) is 11.4. The lowest BCUT2D eigenvalue weighted by Gasteiger charge is -2.35. The van der Waals surface area contributed by atoms with Gasteiger partial charge in [0.25, 0.3) is 0 Å². The summed E-state index contributed by atoms with van der Waals surface area (Å²) in [6.07, 6.45) is 5.50. The Morgan fingerprint density at radius 2 is 2.11 bits per heavy atom. The molecule has 1 unspecified atom stereocenters. The Bertz CT molecular complexity index is 839. The summed E-state index contributed by atoms with van der Waals surface area (Å²) in [5, 5.41) is 3.47. The first-order chi connectivity index (χ1) is 12.8. The Balaban J connectivity index is 0.00000210. The fraction of sp³-hybridized carbons (Fsp3) is 0.300. The Labute approximate surface area is 165 Å². The molecule has 0 bridgehead atoms. The number of rotatable bonds is 5. The van der Waals surface area contributed by atoms with Gasteiger partial charge in [-0.1, -0.05) is 6.07 Å². The summed E-state index contributed by atoms with van der Waals surface area (Å²) >= 11 is 0. The highest BCUT2D eigenvalue weighted by molar-refractivity contribution is 5.85. The van der Waals surface area contributed by atoms with Crippen LogP contribution in [0.1, 0.15) is 17.3 Å². The number of benzene rings is 1. The quantitative estimate of drug-likeness (QED) is 0.725. The normalized spacial score (nSPS) is 17.3. The van der Waals surface area contributed by atoms with Gasteiger partial charge in [-0.05, 0) is 35.9 Å². The summed E-state index contributed by atoms with van der Waals surface area (Å²) < 4.78 is 10.9. The fourth-order valence-corrected chi connectivity index (χ4v) is 3.29. The summed E-state index contributed by atoms with van der Waals surface area (Å²) in [5.74, 6) is 1.45. The largest absolute Gasteiger partial charge is 0.497 e. The third kappa shape index (κ3) is 4.47. The van der Waals surface area contributed by atoms with E-state index in [9.17, 15) is 0 Å². The van der Waals surface area contributed by atoms with Gasteiger partial charge in [0, 0.05) is 50.2 Å². The van der Waals surface area contributed by atoms with Gasteiger partial charge in [0.2, 0.25) is 5.89 Å². The van der Waals surface area contributed by atoms with E-state index in [-0.39, 0.29) is 12.4 Å². The second-order valence-corrected chi connectivity index (χ2v) is 6.35. The molecule has 1 N–H and O–H groups in total. The van der Waals surface area contributed by atoms with E-state index in [0.717, 1.165) is 43.2 Å². The molecule has 1 fully saturated rings. The molecule has 142 valence electrons. The average Bonchev–Trinajstić information content (AvgIpc) is 3.18. The molecule has 1 atom stereocenters. The molecular formula is C20H23ClN4O2. The van der Waals surface area contributed by atoms with Gasteiger partial charge in [0.05, 0.1) is 12.8 Å². The number of piperazine rings is 1. The number of pyridine rings is 1. The van der Waals surface area contributed by atoms with Crippen LogP contribution in [0.15, 0.2) is 59.5 Å². The smallest absolute Gasteiger partial charge is 0.226 e. The molecule has 27 heavy (non-hydrogen) atoms. The van der Waals surface area contributed by atoms with Crippen molar-refractivity contribution in [2.24, 2.45) is 0 Å². The van der Waals surface area contributed by atoms with Crippen molar-refractivity contribution in [1.29, 1.82) is 0 Å². The standard InChI is InChI=1S/C20H22N4O2.ClH/c1-25-18-6-4-15(5-7-18)20-23-17(14-26-20)13-24-10-9-22-12-19(24)16-3-2-8-21-11-16;/h2-8,11,14,19,22H,9-10,12-13H2,1H3;1H. The van der Waals surface area contributed by atoms with Crippen LogP contribution in [0.25, 0.3) is 11.5 Å². The Morgan fingerprint density at radius 3 is 2.85 bits per heavy atom. The maximum atomic E-state index is 5.70. The van der Waals surface area contributed by atoms with Crippen molar-refractivity contribution in [3.05, 3.63) is 66.3 Å².